The predicted molar refractivity (Wildman–Crippen MR) is 59.3 cm³/mol. The van der Waals surface area contributed by atoms with Crippen molar-refractivity contribution in [3.8, 4) is 5.88 Å². The van der Waals surface area contributed by atoms with E-state index in [1.54, 1.807) is 0 Å². The fraction of sp³-hybridized carbons (Fsp3) is 0.500. The molecule has 2 rings (SSSR count). The summed E-state index contributed by atoms with van der Waals surface area (Å²) >= 11 is 0. The summed E-state index contributed by atoms with van der Waals surface area (Å²) in [4.78, 5) is 14.5. The van der Waals surface area contributed by atoms with Crippen LogP contribution in [-0.2, 0) is 0 Å². The van der Waals surface area contributed by atoms with E-state index in [0.717, 1.165) is 19.8 Å². The van der Waals surface area contributed by atoms with Crippen LogP contribution >= 0.6 is 0 Å². The SMILES string of the molecule is C[C@@H](Oc1nc(C(=O)O)ccc1C1CC1)C(F)(F)F. The topological polar surface area (TPSA) is 59.4 Å². The van der Waals surface area contributed by atoms with Gasteiger partial charge in [-0.15, -0.1) is 0 Å². The van der Waals surface area contributed by atoms with E-state index in [1.807, 2.05) is 0 Å². The number of hydrogen-bond donors (Lipinski definition) is 1. The molecule has 0 unspecified atom stereocenters. The molecule has 0 aromatic carbocycles. The van der Waals surface area contributed by atoms with Crippen molar-refractivity contribution in [2.24, 2.45) is 0 Å². The first kappa shape index (κ1) is 13.6. The number of alkyl halides is 3. The number of nitrogens with zero attached hydrogens (tertiary/aromatic N) is 1. The van der Waals surface area contributed by atoms with E-state index in [2.05, 4.69) is 4.98 Å². The van der Waals surface area contributed by atoms with E-state index in [0.29, 0.717) is 5.56 Å². The summed E-state index contributed by atoms with van der Waals surface area (Å²) in [5.74, 6) is -1.41. The molecule has 1 saturated carbocycles. The van der Waals surface area contributed by atoms with Gasteiger partial charge >= 0.3 is 12.1 Å². The van der Waals surface area contributed by atoms with Crippen LogP contribution in [-0.4, -0.2) is 28.3 Å². The molecule has 0 radical (unpaired) electrons. The van der Waals surface area contributed by atoms with E-state index < -0.39 is 18.2 Å². The van der Waals surface area contributed by atoms with Crippen LogP contribution in [0.25, 0.3) is 0 Å². The predicted octanol–water partition coefficient (Wildman–Crippen LogP) is 2.99. The Morgan fingerprint density at radius 3 is 2.58 bits per heavy atom. The highest BCUT2D eigenvalue weighted by Crippen LogP contribution is 2.44. The van der Waals surface area contributed by atoms with Crippen molar-refractivity contribution in [2.75, 3.05) is 0 Å². The maximum atomic E-state index is 12.5. The molecule has 1 aromatic heterocycles. The number of carboxylic acids is 1. The maximum absolute atomic E-state index is 12.5. The fourth-order valence-corrected chi connectivity index (χ4v) is 1.60. The lowest BCUT2D eigenvalue weighted by Gasteiger charge is -2.19. The van der Waals surface area contributed by atoms with E-state index >= 15 is 0 Å². The summed E-state index contributed by atoms with van der Waals surface area (Å²) in [7, 11) is 0. The van der Waals surface area contributed by atoms with Crippen molar-refractivity contribution in [3.63, 3.8) is 0 Å². The molecule has 19 heavy (non-hydrogen) atoms. The summed E-state index contributed by atoms with van der Waals surface area (Å²) in [6.45, 7) is 0.867. The van der Waals surface area contributed by atoms with Crippen LogP contribution in [0.3, 0.4) is 0 Å². The summed E-state index contributed by atoms with van der Waals surface area (Å²) in [5.41, 5.74) is 0.217. The molecular formula is C12H12F3NO3. The summed E-state index contributed by atoms with van der Waals surface area (Å²) in [6, 6.07) is 2.76. The third-order valence-electron chi connectivity index (χ3n) is 2.88. The number of pyridine rings is 1. The number of aromatic nitrogens is 1. The van der Waals surface area contributed by atoms with Gasteiger partial charge in [0.05, 0.1) is 0 Å². The molecule has 104 valence electrons. The average molecular weight is 275 g/mol. The number of carboxylic acid groups (broad SMARTS) is 1. The number of carbonyl (C=O) groups is 1. The molecular weight excluding hydrogens is 263 g/mol. The van der Waals surface area contributed by atoms with Crippen LogP contribution in [0.1, 0.15) is 41.7 Å². The highest BCUT2D eigenvalue weighted by atomic mass is 19.4. The van der Waals surface area contributed by atoms with Crippen molar-refractivity contribution in [1.82, 2.24) is 4.98 Å². The van der Waals surface area contributed by atoms with Crippen LogP contribution < -0.4 is 4.74 Å². The smallest absolute Gasteiger partial charge is 0.425 e. The minimum Gasteiger partial charge on any atom is -0.477 e. The third kappa shape index (κ3) is 3.15. The Hall–Kier alpha value is -1.79. The lowest BCUT2D eigenvalue weighted by molar-refractivity contribution is -0.190. The van der Waals surface area contributed by atoms with Crippen molar-refractivity contribution < 1.29 is 27.8 Å². The Kier molecular flexibility index (Phi) is 3.38. The van der Waals surface area contributed by atoms with E-state index in [9.17, 15) is 18.0 Å². The van der Waals surface area contributed by atoms with Crippen molar-refractivity contribution in [2.45, 2.75) is 38.0 Å². The first-order chi connectivity index (χ1) is 8.79. The molecule has 0 aliphatic heterocycles. The number of ether oxygens (including phenoxy) is 1. The van der Waals surface area contributed by atoms with Crippen LogP contribution in [0.5, 0.6) is 5.88 Å². The highest BCUT2D eigenvalue weighted by molar-refractivity contribution is 5.85. The molecule has 1 fully saturated rings. The van der Waals surface area contributed by atoms with Gasteiger partial charge in [-0.25, -0.2) is 9.78 Å². The first-order valence-corrected chi connectivity index (χ1v) is 5.76. The molecule has 1 aliphatic rings. The van der Waals surface area contributed by atoms with Gasteiger partial charge in [0.1, 0.15) is 0 Å². The van der Waals surface area contributed by atoms with Crippen molar-refractivity contribution in [1.29, 1.82) is 0 Å². The lowest BCUT2D eigenvalue weighted by Crippen LogP contribution is -2.32. The van der Waals surface area contributed by atoms with E-state index in [-0.39, 0.29) is 17.5 Å². The molecule has 1 heterocycles. The molecule has 0 bridgehead atoms. The third-order valence-corrected chi connectivity index (χ3v) is 2.88. The molecule has 1 N–H and O–H groups in total. The van der Waals surface area contributed by atoms with Gasteiger partial charge in [0, 0.05) is 5.56 Å². The average Bonchev–Trinajstić information content (AvgIpc) is 3.11. The summed E-state index contributed by atoms with van der Waals surface area (Å²) < 4.78 is 42.2. The second kappa shape index (κ2) is 4.71. The Morgan fingerprint density at radius 2 is 2.11 bits per heavy atom. The molecule has 1 aromatic rings. The Balaban J connectivity index is 2.30. The summed E-state index contributed by atoms with van der Waals surface area (Å²) in [6.07, 6.45) is -4.83. The minimum atomic E-state index is -4.51. The fourth-order valence-electron chi connectivity index (χ4n) is 1.60. The molecule has 0 saturated heterocycles. The molecule has 0 amide bonds. The van der Waals surface area contributed by atoms with Crippen molar-refractivity contribution in [3.05, 3.63) is 23.4 Å². The zero-order valence-electron chi connectivity index (χ0n) is 10.1. The van der Waals surface area contributed by atoms with E-state index in [4.69, 9.17) is 9.84 Å². The molecule has 4 nitrogen and oxygen atoms in total. The molecule has 7 heteroatoms. The second-order valence-corrected chi connectivity index (χ2v) is 4.47. The standard InChI is InChI=1S/C12H12F3NO3/c1-6(12(13,14)15)19-10-8(7-2-3-7)4-5-9(16-10)11(17)18/h4-7H,2-3H2,1H3,(H,17,18)/t6-/m1/s1. The highest BCUT2D eigenvalue weighted by Gasteiger charge is 2.39. The van der Waals surface area contributed by atoms with Gasteiger partial charge in [-0.1, -0.05) is 6.07 Å². The van der Waals surface area contributed by atoms with Gasteiger partial charge in [0.15, 0.2) is 11.8 Å². The summed E-state index contributed by atoms with van der Waals surface area (Å²) in [5, 5.41) is 8.81. The van der Waals surface area contributed by atoms with Gasteiger partial charge < -0.3 is 9.84 Å². The van der Waals surface area contributed by atoms with Gasteiger partial charge in [-0.3, -0.25) is 0 Å². The van der Waals surface area contributed by atoms with Crippen LogP contribution in [0.2, 0.25) is 0 Å². The number of aromatic carboxylic acids is 1. The van der Waals surface area contributed by atoms with Crippen LogP contribution in [0, 0.1) is 0 Å². The maximum Gasteiger partial charge on any atom is 0.425 e. The van der Waals surface area contributed by atoms with Gasteiger partial charge in [0.25, 0.3) is 0 Å². The van der Waals surface area contributed by atoms with Crippen LogP contribution in [0.15, 0.2) is 12.1 Å². The first-order valence-electron chi connectivity index (χ1n) is 5.76. The zero-order chi connectivity index (χ0) is 14.2. The zero-order valence-corrected chi connectivity index (χ0v) is 10.1. The van der Waals surface area contributed by atoms with Gasteiger partial charge in [-0.2, -0.15) is 13.2 Å². The number of rotatable bonds is 4. The second-order valence-electron chi connectivity index (χ2n) is 4.47. The lowest BCUT2D eigenvalue weighted by atomic mass is 10.1. The molecule has 1 aliphatic carbocycles. The van der Waals surface area contributed by atoms with E-state index in [1.165, 1.54) is 12.1 Å². The Morgan fingerprint density at radius 1 is 1.47 bits per heavy atom. The normalized spacial score (nSPS) is 17.1. The van der Waals surface area contributed by atoms with Crippen LogP contribution in [0.4, 0.5) is 13.2 Å². The number of halogens is 3. The molecule has 0 spiro atoms. The Labute approximate surface area is 107 Å². The minimum absolute atomic E-state index is 0.116. The van der Waals surface area contributed by atoms with Gasteiger partial charge in [-0.05, 0) is 31.7 Å². The quantitative estimate of drug-likeness (QED) is 0.917. The number of hydrogen-bond acceptors (Lipinski definition) is 3. The monoisotopic (exact) mass is 275 g/mol. The van der Waals surface area contributed by atoms with Crippen molar-refractivity contribution >= 4 is 5.97 Å². The largest absolute Gasteiger partial charge is 0.477 e. The van der Waals surface area contributed by atoms with Gasteiger partial charge in [0.2, 0.25) is 5.88 Å². The Bertz CT molecular complexity index is 497. The molecule has 1 atom stereocenters.